The Morgan fingerprint density at radius 1 is 0.778 bits per heavy atom. The van der Waals surface area contributed by atoms with E-state index < -0.39 is 79.9 Å². The standard InChI is InChI=1S/2C8H7O5.Cu/c2*1-3(9)6-5(10)2-4(7(6)11)8(12)13;/h2*6H,2H2,1H3,(H,12,13);. The van der Waals surface area contributed by atoms with E-state index in [9.17, 15) is 48.6 Å². The zero-order valence-corrected chi connectivity index (χ0v) is 15.0. The summed E-state index contributed by atoms with van der Waals surface area (Å²) in [5, 5.41) is 19.1. The van der Waals surface area contributed by atoms with E-state index >= 15 is 0 Å². The number of rotatable bonds is 6. The second-order valence-electron chi connectivity index (χ2n) is 6.26. The first kappa shape index (κ1) is 20.8. The number of Topliss-reactive ketones (excluding diaryl/α,β-unsaturated/α-hetero) is 6. The van der Waals surface area contributed by atoms with Crippen LogP contribution in [0.1, 0.15) is 26.7 Å². The Kier molecular flexibility index (Phi) is 5.06. The van der Waals surface area contributed by atoms with Crippen molar-refractivity contribution in [1.82, 2.24) is 0 Å². The first-order valence-electron chi connectivity index (χ1n) is 7.53. The Labute approximate surface area is 157 Å². The Balaban J connectivity index is 2.61. The van der Waals surface area contributed by atoms with Crippen molar-refractivity contribution in [3.8, 4) is 0 Å². The fraction of sp³-hybridized carbons (Fsp3) is 0.500. The molecule has 0 bridgehead atoms. The van der Waals surface area contributed by atoms with Gasteiger partial charge in [0, 0.05) is 0 Å². The van der Waals surface area contributed by atoms with E-state index in [0.717, 1.165) is 13.8 Å². The maximum absolute atomic E-state index is 12.6. The summed E-state index contributed by atoms with van der Waals surface area (Å²) in [4.78, 5) is 96.0. The number of ketones is 6. The molecule has 0 aliphatic heterocycles. The number of carboxylic acids is 2. The molecule has 0 spiro atoms. The van der Waals surface area contributed by atoms with Crippen LogP contribution in [-0.2, 0) is 53.3 Å². The van der Waals surface area contributed by atoms with Crippen molar-refractivity contribution in [3.63, 3.8) is 0 Å². The van der Waals surface area contributed by atoms with E-state index in [1.807, 2.05) is 0 Å². The van der Waals surface area contributed by atoms with Gasteiger partial charge in [-0.25, -0.2) is 0 Å². The normalized spacial score (nSPS) is 33.6. The molecule has 4 unspecified atom stereocenters. The number of hydrogen-bond donors (Lipinski definition) is 2. The van der Waals surface area contributed by atoms with Gasteiger partial charge in [0.05, 0.1) is 0 Å². The molecular formula is C16H14CuO10. The second kappa shape index (κ2) is 6.58. The van der Waals surface area contributed by atoms with Crippen molar-refractivity contribution in [2.24, 2.45) is 11.8 Å². The van der Waals surface area contributed by atoms with Crippen LogP contribution in [0.2, 0.25) is 8.63 Å². The summed E-state index contributed by atoms with van der Waals surface area (Å²) >= 11 is -0.0247. The average Bonchev–Trinajstić information content (AvgIpc) is 2.91. The Morgan fingerprint density at radius 3 is 1.26 bits per heavy atom. The van der Waals surface area contributed by atoms with Crippen LogP contribution in [0.15, 0.2) is 0 Å². The number of carbonyl (C=O) groups excluding carboxylic acids is 6. The number of hydrogen-bond acceptors (Lipinski definition) is 8. The summed E-state index contributed by atoms with van der Waals surface area (Å²) in [5.74, 6) is -14.1. The van der Waals surface area contributed by atoms with Gasteiger partial charge in [0.1, 0.15) is 0 Å². The molecule has 2 rings (SSSR count). The van der Waals surface area contributed by atoms with Gasteiger partial charge in [0.2, 0.25) is 0 Å². The molecule has 0 heterocycles. The van der Waals surface area contributed by atoms with Crippen LogP contribution in [0.4, 0.5) is 0 Å². The molecular weight excluding hydrogens is 416 g/mol. The van der Waals surface area contributed by atoms with E-state index in [-0.39, 0.29) is 15.0 Å². The predicted octanol–water partition coefficient (Wildman–Crippen LogP) is -0.950. The molecule has 149 valence electrons. The summed E-state index contributed by atoms with van der Waals surface area (Å²) in [6.07, 6.45) is -2.01. The minimum atomic E-state index is -2.73. The topological polar surface area (TPSA) is 177 Å². The van der Waals surface area contributed by atoms with E-state index in [1.165, 1.54) is 0 Å². The van der Waals surface area contributed by atoms with Gasteiger partial charge in [-0.1, -0.05) is 0 Å². The van der Waals surface area contributed by atoms with Gasteiger partial charge in [-0.15, -0.1) is 0 Å². The monoisotopic (exact) mass is 429 g/mol. The molecule has 10 nitrogen and oxygen atoms in total. The maximum atomic E-state index is 12.6. The number of carboxylic acid groups (broad SMARTS) is 2. The summed E-state index contributed by atoms with van der Waals surface area (Å²) in [5.41, 5.74) is 0. The molecule has 0 aromatic heterocycles. The van der Waals surface area contributed by atoms with Gasteiger partial charge >= 0.3 is 157 Å². The van der Waals surface area contributed by atoms with Crippen molar-refractivity contribution in [3.05, 3.63) is 0 Å². The Morgan fingerprint density at radius 2 is 1.07 bits per heavy atom. The minimum absolute atomic E-state index is 0.0247. The van der Waals surface area contributed by atoms with Crippen molar-refractivity contribution in [2.75, 3.05) is 0 Å². The first-order valence-corrected chi connectivity index (χ1v) is 8.47. The third-order valence-electron chi connectivity index (χ3n) is 4.44. The summed E-state index contributed by atoms with van der Waals surface area (Å²) in [6.45, 7) is 1.82. The number of carbonyl (C=O) groups is 8. The molecule has 11 heteroatoms. The van der Waals surface area contributed by atoms with Gasteiger partial charge in [-0.2, -0.15) is 0 Å². The molecule has 2 saturated carbocycles. The average molecular weight is 430 g/mol. The summed E-state index contributed by atoms with van der Waals surface area (Å²) in [7, 11) is 0. The zero-order valence-electron chi connectivity index (χ0n) is 14.0. The fourth-order valence-electron chi connectivity index (χ4n) is 3.16. The van der Waals surface area contributed by atoms with E-state index in [1.54, 1.807) is 0 Å². The fourth-order valence-corrected chi connectivity index (χ4v) is 5.04. The van der Waals surface area contributed by atoms with Gasteiger partial charge in [0.15, 0.2) is 0 Å². The molecule has 4 atom stereocenters. The van der Waals surface area contributed by atoms with Gasteiger partial charge in [-0.05, 0) is 0 Å². The molecule has 2 aliphatic rings. The molecule has 0 aromatic rings. The van der Waals surface area contributed by atoms with Crippen molar-refractivity contribution < 1.29 is 63.5 Å². The molecule has 0 radical (unpaired) electrons. The molecule has 0 saturated heterocycles. The molecule has 2 fully saturated rings. The third kappa shape index (κ3) is 2.87. The second-order valence-corrected chi connectivity index (χ2v) is 8.10. The van der Waals surface area contributed by atoms with Crippen molar-refractivity contribution in [1.29, 1.82) is 0 Å². The first-order chi connectivity index (χ1) is 12.3. The quantitative estimate of drug-likeness (QED) is 0.395. The van der Waals surface area contributed by atoms with E-state index in [0.29, 0.717) is 0 Å². The Bertz CT molecular complexity index is 774. The summed E-state index contributed by atoms with van der Waals surface area (Å²) in [6, 6.07) is 0. The van der Waals surface area contributed by atoms with Crippen molar-refractivity contribution >= 4 is 46.6 Å². The number of aliphatic carboxylic acids is 2. The molecule has 2 N–H and O–H groups in total. The SMILES string of the molecule is CC(=O)C1C(=O)C[C]([Cu][C]2(C(=O)O)CC(=O)C(C(C)=O)C2=O)(C(=O)O)C1=O. The van der Waals surface area contributed by atoms with Crippen LogP contribution < -0.4 is 0 Å². The molecule has 0 amide bonds. The van der Waals surface area contributed by atoms with Gasteiger partial charge in [-0.3, -0.25) is 0 Å². The van der Waals surface area contributed by atoms with Crippen LogP contribution in [0, 0.1) is 11.8 Å². The van der Waals surface area contributed by atoms with Crippen LogP contribution >= 0.6 is 0 Å². The van der Waals surface area contributed by atoms with Crippen LogP contribution in [0.25, 0.3) is 0 Å². The third-order valence-corrected chi connectivity index (χ3v) is 6.44. The molecule has 2 aliphatic carbocycles. The molecule has 27 heavy (non-hydrogen) atoms. The van der Waals surface area contributed by atoms with E-state index in [2.05, 4.69) is 0 Å². The van der Waals surface area contributed by atoms with Crippen LogP contribution in [0.3, 0.4) is 0 Å². The van der Waals surface area contributed by atoms with Crippen molar-refractivity contribution in [2.45, 2.75) is 35.3 Å². The predicted molar refractivity (Wildman–Crippen MR) is 78.3 cm³/mol. The van der Waals surface area contributed by atoms with Gasteiger partial charge < -0.3 is 0 Å². The summed E-state index contributed by atoms with van der Waals surface area (Å²) < 4.78 is -5.45. The van der Waals surface area contributed by atoms with E-state index in [4.69, 9.17) is 0 Å². The van der Waals surface area contributed by atoms with Gasteiger partial charge in [0.25, 0.3) is 0 Å². The van der Waals surface area contributed by atoms with Crippen LogP contribution in [0.5, 0.6) is 0 Å². The van der Waals surface area contributed by atoms with Crippen LogP contribution in [-0.4, -0.2) is 56.9 Å². The Hall–Kier alpha value is -2.52. The molecule has 0 aromatic carbocycles. The zero-order chi connectivity index (χ0) is 20.9.